The fourth-order valence-electron chi connectivity index (χ4n) is 2.49. The third kappa shape index (κ3) is 2.09. The summed E-state index contributed by atoms with van der Waals surface area (Å²) in [4.78, 5) is 15.7. The number of rotatable bonds is 2. The zero-order valence-electron chi connectivity index (χ0n) is 11.0. The average molecular weight is 296 g/mol. The number of anilines is 4. The van der Waals surface area contributed by atoms with Gasteiger partial charge in [-0.15, -0.1) is 11.3 Å². The summed E-state index contributed by atoms with van der Waals surface area (Å²) < 4.78 is 1.12. The molecule has 0 saturated carbocycles. The van der Waals surface area contributed by atoms with E-state index in [1.165, 1.54) is 0 Å². The molecule has 2 aromatic carbocycles. The molecule has 0 saturated heterocycles. The standard InChI is InChI=1S/C15H12N4OS/c16-10-3-8-4-15(20)19-12(8)6-13(10)18-9-1-2-11-14(5-9)21-7-17-11/h1-3,5-7,18H,4,16H2,(H,19,20). The van der Waals surface area contributed by atoms with Gasteiger partial charge in [0.2, 0.25) is 5.91 Å². The molecule has 104 valence electrons. The normalized spacial score (nSPS) is 13.2. The summed E-state index contributed by atoms with van der Waals surface area (Å²) in [5.74, 6) is 0.00706. The van der Waals surface area contributed by atoms with Crippen LogP contribution in [0.3, 0.4) is 0 Å². The molecule has 21 heavy (non-hydrogen) atoms. The van der Waals surface area contributed by atoms with Crippen molar-refractivity contribution < 1.29 is 4.79 Å². The minimum Gasteiger partial charge on any atom is -0.397 e. The lowest BCUT2D eigenvalue weighted by Crippen LogP contribution is -2.03. The molecule has 0 radical (unpaired) electrons. The first-order valence-electron chi connectivity index (χ1n) is 6.51. The smallest absolute Gasteiger partial charge is 0.228 e. The van der Waals surface area contributed by atoms with Crippen LogP contribution >= 0.6 is 11.3 Å². The zero-order chi connectivity index (χ0) is 14.4. The summed E-state index contributed by atoms with van der Waals surface area (Å²) in [7, 11) is 0. The molecule has 1 amide bonds. The number of fused-ring (bicyclic) bond motifs is 2. The lowest BCUT2D eigenvalue weighted by Gasteiger charge is -2.11. The molecule has 1 aliphatic heterocycles. The highest BCUT2D eigenvalue weighted by Crippen LogP contribution is 2.34. The highest BCUT2D eigenvalue weighted by atomic mass is 32.1. The Labute approximate surface area is 124 Å². The Hall–Kier alpha value is -2.60. The fraction of sp³-hybridized carbons (Fsp3) is 0.0667. The van der Waals surface area contributed by atoms with E-state index in [0.717, 1.165) is 32.8 Å². The van der Waals surface area contributed by atoms with Gasteiger partial charge in [0.05, 0.1) is 33.5 Å². The Morgan fingerprint density at radius 3 is 3.10 bits per heavy atom. The van der Waals surface area contributed by atoms with E-state index in [-0.39, 0.29) is 5.91 Å². The Morgan fingerprint density at radius 2 is 2.19 bits per heavy atom. The molecule has 1 aromatic heterocycles. The largest absolute Gasteiger partial charge is 0.397 e. The van der Waals surface area contributed by atoms with E-state index < -0.39 is 0 Å². The maximum Gasteiger partial charge on any atom is 0.228 e. The number of thiazole rings is 1. The fourth-order valence-corrected chi connectivity index (χ4v) is 3.21. The van der Waals surface area contributed by atoms with E-state index in [0.29, 0.717) is 12.1 Å². The molecule has 0 atom stereocenters. The number of aromatic nitrogens is 1. The molecule has 4 rings (SSSR count). The molecule has 0 aliphatic carbocycles. The van der Waals surface area contributed by atoms with Crippen molar-refractivity contribution in [3.63, 3.8) is 0 Å². The van der Waals surface area contributed by atoms with Gasteiger partial charge in [-0.3, -0.25) is 4.79 Å². The van der Waals surface area contributed by atoms with E-state index in [9.17, 15) is 4.79 Å². The highest BCUT2D eigenvalue weighted by Gasteiger charge is 2.19. The quantitative estimate of drug-likeness (QED) is 0.635. The maximum absolute atomic E-state index is 11.4. The number of hydrogen-bond donors (Lipinski definition) is 3. The molecular weight excluding hydrogens is 284 g/mol. The molecule has 5 nitrogen and oxygen atoms in total. The third-order valence-electron chi connectivity index (χ3n) is 3.51. The van der Waals surface area contributed by atoms with Crippen molar-refractivity contribution in [3.8, 4) is 0 Å². The van der Waals surface area contributed by atoms with Crippen LogP contribution in [0.4, 0.5) is 22.7 Å². The van der Waals surface area contributed by atoms with Crippen molar-refractivity contribution in [1.82, 2.24) is 4.98 Å². The van der Waals surface area contributed by atoms with E-state index in [1.54, 1.807) is 11.3 Å². The summed E-state index contributed by atoms with van der Waals surface area (Å²) in [6.07, 6.45) is 0.395. The van der Waals surface area contributed by atoms with Crippen molar-refractivity contribution in [1.29, 1.82) is 0 Å². The number of carbonyl (C=O) groups excluding carboxylic acids is 1. The van der Waals surface area contributed by atoms with Crippen LogP contribution < -0.4 is 16.4 Å². The molecule has 6 heteroatoms. The van der Waals surface area contributed by atoms with Gasteiger partial charge < -0.3 is 16.4 Å². The molecule has 4 N–H and O–H groups in total. The SMILES string of the molecule is Nc1cc2c(cc1Nc1ccc3ncsc3c1)NC(=O)C2. The molecular formula is C15H12N4OS. The van der Waals surface area contributed by atoms with Crippen LogP contribution in [0.1, 0.15) is 5.56 Å². The number of nitrogen functional groups attached to an aromatic ring is 1. The monoisotopic (exact) mass is 296 g/mol. The van der Waals surface area contributed by atoms with E-state index in [4.69, 9.17) is 5.73 Å². The first-order valence-corrected chi connectivity index (χ1v) is 7.39. The minimum atomic E-state index is 0.00706. The van der Waals surface area contributed by atoms with Crippen LogP contribution in [0.25, 0.3) is 10.2 Å². The van der Waals surface area contributed by atoms with E-state index in [2.05, 4.69) is 15.6 Å². The van der Waals surface area contributed by atoms with Gasteiger partial charge in [-0.25, -0.2) is 4.98 Å². The van der Waals surface area contributed by atoms with Gasteiger partial charge in [0.1, 0.15) is 0 Å². The Bertz CT molecular complexity index is 871. The van der Waals surface area contributed by atoms with Gasteiger partial charge in [-0.05, 0) is 35.9 Å². The first kappa shape index (κ1) is 12.2. The second-order valence-electron chi connectivity index (χ2n) is 4.98. The van der Waals surface area contributed by atoms with Crippen LogP contribution in [-0.2, 0) is 11.2 Å². The molecule has 0 fully saturated rings. The Kier molecular flexibility index (Phi) is 2.58. The number of nitrogens with zero attached hydrogens (tertiary/aromatic N) is 1. The van der Waals surface area contributed by atoms with Gasteiger partial charge in [-0.1, -0.05) is 0 Å². The van der Waals surface area contributed by atoms with Gasteiger partial charge in [0.25, 0.3) is 0 Å². The minimum absolute atomic E-state index is 0.00706. The summed E-state index contributed by atoms with van der Waals surface area (Å²) in [6, 6.07) is 9.71. The van der Waals surface area contributed by atoms with Crippen molar-refractivity contribution in [3.05, 3.63) is 41.4 Å². The Balaban J connectivity index is 1.70. The van der Waals surface area contributed by atoms with Crippen LogP contribution in [0.5, 0.6) is 0 Å². The van der Waals surface area contributed by atoms with Gasteiger partial charge in [0, 0.05) is 11.4 Å². The van der Waals surface area contributed by atoms with Crippen LogP contribution in [0, 0.1) is 0 Å². The number of nitrogens with one attached hydrogen (secondary N) is 2. The lowest BCUT2D eigenvalue weighted by atomic mass is 10.1. The summed E-state index contributed by atoms with van der Waals surface area (Å²) in [5, 5.41) is 6.14. The zero-order valence-corrected chi connectivity index (χ0v) is 11.8. The van der Waals surface area contributed by atoms with Crippen molar-refractivity contribution >= 4 is 50.2 Å². The maximum atomic E-state index is 11.4. The molecule has 0 bridgehead atoms. The lowest BCUT2D eigenvalue weighted by molar-refractivity contribution is -0.115. The number of hydrogen-bond acceptors (Lipinski definition) is 5. The molecule has 1 aliphatic rings. The summed E-state index contributed by atoms with van der Waals surface area (Å²) in [5.41, 5.74) is 13.0. The first-order chi connectivity index (χ1) is 10.2. The second-order valence-corrected chi connectivity index (χ2v) is 5.87. The van der Waals surface area contributed by atoms with Crippen molar-refractivity contribution in [2.75, 3.05) is 16.4 Å². The Morgan fingerprint density at radius 1 is 1.29 bits per heavy atom. The van der Waals surface area contributed by atoms with Crippen molar-refractivity contribution in [2.24, 2.45) is 0 Å². The molecule has 0 unspecified atom stereocenters. The van der Waals surface area contributed by atoms with Gasteiger partial charge in [-0.2, -0.15) is 0 Å². The van der Waals surface area contributed by atoms with Crippen LogP contribution in [0.2, 0.25) is 0 Å². The van der Waals surface area contributed by atoms with Gasteiger partial charge >= 0.3 is 0 Å². The third-order valence-corrected chi connectivity index (χ3v) is 4.30. The predicted molar refractivity (Wildman–Crippen MR) is 86.1 cm³/mol. The number of carbonyl (C=O) groups is 1. The van der Waals surface area contributed by atoms with Crippen LogP contribution in [-0.4, -0.2) is 10.9 Å². The second kappa shape index (κ2) is 4.46. The van der Waals surface area contributed by atoms with E-state index >= 15 is 0 Å². The topological polar surface area (TPSA) is 80.0 Å². The van der Waals surface area contributed by atoms with E-state index in [1.807, 2.05) is 35.8 Å². The number of amides is 1. The van der Waals surface area contributed by atoms with Gasteiger partial charge in [0.15, 0.2) is 0 Å². The number of nitrogens with two attached hydrogens (primary N) is 1. The number of benzene rings is 2. The predicted octanol–water partition coefficient (Wildman–Crippen LogP) is 3.12. The molecule has 0 spiro atoms. The molecule has 3 aromatic rings. The van der Waals surface area contributed by atoms with Crippen molar-refractivity contribution in [2.45, 2.75) is 6.42 Å². The molecule has 2 heterocycles. The summed E-state index contributed by atoms with van der Waals surface area (Å²) >= 11 is 1.60. The van der Waals surface area contributed by atoms with Crippen LogP contribution in [0.15, 0.2) is 35.8 Å². The highest BCUT2D eigenvalue weighted by molar-refractivity contribution is 7.16. The summed E-state index contributed by atoms with van der Waals surface area (Å²) in [6.45, 7) is 0. The average Bonchev–Trinajstić information content (AvgIpc) is 3.04.